The van der Waals surface area contributed by atoms with Gasteiger partial charge in [0.2, 0.25) is 0 Å². The average Bonchev–Trinajstić information content (AvgIpc) is 3.21. The molecule has 4 rings (SSSR count). The first-order valence-corrected chi connectivity index (χ1v) is 10.6. The molecule has 1 heterocycles. The molecule has 2 fully saturated rings. The topological polar surface area (TPSA) is 32.3 Å². The lowest BCUT2D eigenvalue weighted by Crippen LogP contribution is -2.60. The van der Waals surface area contributed by atoms with Gasteiger partial charge in [-0.2, -0.15) is 13.2 Å². The molecule has 160 valence electrons. The zero-order valence-electron chi connectivity index (χ0n) is 17.1. The van der Waals surface area contributed by atoms with Gasteiger partial charge in [-0.1, -0.05) is 30.3 Å². The lowest BCUT2D eigenvalue weighted by atomic mass is 9.68. The number of nitrogens with one attached hydrogen (secondary N) is 1. The van der Waals surface area contributed by atoms with Crippen LogP contribution in [0.1, 0.15) is 65.2 Å². The Balaban J connectivity index is 1.65. The Morgan fingerprint density at radius 2 is 1.70 bits per heavy atom. The van der Waals surface area contributed by atoms with Crippen LogP contribution >= 0.6 is 0 Å². The highest BCUT2D eigenvalue weighted by molar-refractivity contribution is 5.96. The highest BCUT2D eigenvalue weighted by atomic mass is 19.4. The second-order valence-corrected chi connectivity index (χ2v) is 8.50. The molecule has 1 aliphatic carbocycles. The van der Waals surface area contributed by atoms with Crippen molar-refractivity contribution in [2.24, 2.45) is 0 Å². The predicted octanol–water partition coefficient (Wildman–Crippen LogP) is 5.50. The second-order valence-electron chi connectivity index (χ2n) is 8.50. The van der Waals surface area contributed by atoms with Crippen molar-refractivity contribution < 1.29 is 18.0 Å². The fourth-order valence-electron chi connectivity index (χ4n) is 4.97. The number of rotatable bonds is 5. The Labute approximate surface area is 175 Å². The van der Waals surface area contributed by atoms with Crippen molar-refractivity contribution in [2.45, 2.75) is 56.8 Å². The number of likely N-dealkylation sites (tertiary alicyclic amines) is 1. The Bertz CT molecular complexity index is 900. The summed E-state index contributed by atoms with van der Waals surface area (Å²) >= 11 is 0. The number of hydrogen-bond donors (Lipinski definition) is 1. The van der Waals surface area contributed by atoms with Crippen LogP contribution in [0.15, 0.2) is 48.5 Å². The molecule has 2 aromatic rings. The predicted molar refractivity (Wildman–Crippen MR) is 110 cm³/mol. The average molecular weight is 416 g/mol. The van der Waals surface area contributed by atoms with Crippen LogP contribution in [0.3, 0.4) is 0 Å². The first-order chi connectivity index (χ1) is 14.3. The second kappa shape index (κ2) is 8.06. The van der Waals surface area contributed by atoms with Crippen LogP contribution in [0, 0.1) is 6.92 Å². The summed E-state index contributed by atoms with van der Waals surface area (Å²) < 4.78 is 39.0. The van der Waals surface area contributed by atoms with Gasteiger partial charge in [0.25, 0.3) is 5.91 Å². The minimum absolute atomic E-state index is 0.118. The van der Waals surface area contributed by atoms with Gasteiger partial charge < -0.3 is 5.32 Å². The molecule has 30 heavy (non-hydrogen) atoms. The maximum absolute atomic E-state index is 13.2. The van der Waals surface area contributed by atoms with Gasteiger partial charge in [-0.05, 0) is 81.4 Å². The molecule has 0 aromatic heterocycles. The molecule has 1 unspecified atom stereocenters. The van der Waals surface area contributed by atoms with E-state index in [1.54, 1.807) is 6.92 Å². The summed E-state index contributed by atoms with van der Waals surface area (Å²) in [5.74, 6) is -0.319. The Hall–Kier alpha value is -2.34. The number of halogens is 3. The summed E-state index contributed by atoms with van der Waals surface area (Å²) in [6.45, 7) is 3.61. The maximum atomic E-state index is 13.2. The van der Waals surface area contributed by atoms with Gasteiger partial charge in [0.15, 0.2) is 0 Å². The third kappa shape index (κ3) is 3.85. The largest absolute Gasteiger partial charge is 0.416 e. The minimum Gasteiger partial charge on any atom is -0.343 e. The number of alkyl halides is 3. The summed E-state index contributed by atoms with van der Waals surface area (Å²) in [6, 6.07) is 13.1. The molecule has 2 aliphatic rings. The third-order valence-electron chi connectivity index (χ3n) is 6.70. The number of carbonyl (C=O) groups excluding carboxylic acids is 1. The number of amides is 1. The molecule has 1 saturated carbocycles. The number of carbonyl (C=O) groups is 1. The Kier molecular flexibility index (Phi) is 5.62. The molecular formula is C24H27F3N2O. The molecule has 1 saturated heterocycles. The number of aryl methyl sites for hydroxylation is 1. The van der Waals surface area contributed by atoms with Gasteiger partial charge in [0, 0.05) is 11.1 Å². The van der Waals surface area contributed by atoms with Gasteiger partial charge in [-0.25, -0.2) is 0 Å². The van der Waals surface area contributed by atoms with E-state index in [9.17, 15) is 18.0 Å². The van der Waals surface area contributed by atoms with Gasteiger partial charge in [-0.3, -0.25) is 9.69 Å². The van der Waals surface area contributed by atoms with Gasteiger partial charge in [-0.15, -0.1) is 0 Å². The molecule has 3 nitrogen and oxygen atoms in total. The maximum Gasteiger partial charge on any atom is 0.416 e. The van der Waals surface area contributed by atoms with Crippen LogP contribution in [0.25, 0.3) is 0 Å². The van der Waals surface area contributed by atoms with E-state index in [4.69, 9.17) is 0 Å². The molecule has 6 heteroatoms. The SMILES string of the molecule is Cc1cc(C(F)(F)F)ccc1C(=O)NC(c1ccccc1)C1(N2CCCC2)CCC1. The van der Waals surface area contributed by atoms with Crippen LogP contribution in [0.4, 0.5) is 13.2 Å². The summed E-state index contributed by atoms with van der Waals surface area (Å²) in [5.41, 5.74) is 0.816. The van der Waals surface area contributed by atoms with Gasteiger partial charge >= 0.3 is 6.18 Å². The standard InChI is InChI=1S/C24H27F3N2O/c1-17-16-19(24(25,26)27)10-11-20(17)22(30)28-21(18-8-3-2-4-9-18)23(12-7-13-23)29-14-5-6-15-29/h2-4,8-11,16,21H,5-7,12-15H2,1H3,(H,28,30). The quantitative estimate of drug-likeness (QED) is 0.698. The first-order valence-electron chi connectivity index (χ1n) is 10.6. The molecule has 0 radical (unpaired) electrons. The van der Waals surface area contributed by atoms with E-state index in [0.29, 0.717) is 11.1 Å². The van der Waals surface area contributed by atoms with E-state index in [2.05, 4.69) is 10.2 Å². The summed E-state index contributed by atoms with van der Waals surface area (Å²) in [7, 11) is 0. The molecule has 1 aliphatic heterocycles. The summed E-state index contributed by atoms with van der Waals surface area (Å²) in [6.07, 6.45) is 1.05. The fraction of sp³-hybridized carbons (Fsp3) is 0.458. The highest BCUT2D eigenvalue weighted by Gasteiger charge is 2.50. The zero-order valence-corrected chi connectivity index (χ0v) is 17.1. The Morgan fingerprint density at radius 1 is 1.03 bits per heavy atom. The molecule has 1 amide bonds. The van der Waals surface area contributed by atoms with Crippen LogP contribution in [0.2, 0.25) is 0 Å². The molecule has 0 bridgehead atoms. The Morgan fingerprint density at radius 3 is 2.23 bits per heavy atom. The third-order valence-corrected chi connectivity index (χ3v) is 6.70. The van der Waals surface area contributed by atoms with Crippen molar-refractivity contribution in [3.05, 3.63) is 70.8 Å². The van der Waals surface area contributed by atoms with E-state index in [1.807, 2.05) is 30.3 Å². The van der Waals surface area contributed by atoms with E-state index >= 15 is 0 Å². The lowest BCUT2D eigenvalue weighted by molar-refractivity contribution is -0.137. The number of nitrogens with zero attached hydrogens (tertiary/aromatic N) is 1. The minimum atomic E-state index is -4.42. The fourth-order valence-corrected chi connectivity index (χ4v) is 4.97. The first kappa shape index (κ1) is 20.9. The zero-order chi connectivity index (χ0) is 21.4. The van der Waals surface area contributed by atoms with Crippen LogP contribution in [-0.2, 0) is 6.18 Å². The van der Waals surface area contributed by atoms with E-state index in [-0.39, 0.29) is 17.5 Å². The van der Waals surface area contributed by atoms with Crippen LogP contribution in [-0.4, -0.2) is 29.4 Å². The molecule has 1 N–H and O–H groups in total. The molecule has 1 atom stereocenters. The normalized spacial score (nSPS) is 19.9. The van der Waals surface area contributed by atoms with Crippen molar-refractivity contribution in [1.29, 1.82) is 0 Å². The van der Waals surface area contributed by atoms with Crippen molar-refractivity contribution in [3.63, 3.8) is 0 Å². The lowest BCUT2D eigenvalue weighted by Gasteiger charge is -2.54. The van der Waals surface area contributed by atoms with Crippen molar-refractivity contribution in [3.8, 4) is 0 Å². The van der Waals surface area contributed by atoms with Crippen LogP contribution in [0.5, 0.6) is 0 Å². The number of benzene rings is 2. The van der Waals surface area contributed by atoms with Crippen molar-refractivity contribution in [2.75, 3.05) is 13.1 Å². The molecule has 2 aromatic carbocycles. The van der Waals surface area contributed by atoms with Crippen molar-refractivity contribution >= 4 is 5.91 Å². The summed E-state index contributed by atoms with van der Waals surface area (Å²) in [5, 5.41) is 3.21. The van der Waals surface area contributed by atoms with Gasteiger partial charge in [0.1, 0.15) is 0 Å². The van der Waals surface area contributed by atoms with E-state index < -0.39 is 11.7 Å². The highest BCUT2D eigenvalue weighted by Crippen LogP contribution is 2.48. The van der Waals surface area contributed by atoms with Crippen LogP contribution < -0.4 is 5.32 Å². The van der Waals surface area contributed by atoms with Crippen molar-refractivity contribution in [1.82, 2.24) is 10.2 Å². The molecule has 0 spiro atoms. The smallest absolute Gasteiger partial charge is 0.343 e. The van der Waals surface area contributed by atoms with E-state index in [1.165, 1.54) is 6.07 Å². The number of hydrogen-bond acceptors (Lipinski definition) is 2. The van der Waals surface area contributed by atoms with Gasteiger partial charge in [0.05, 0.1) is 11.6 Å². The monoisotopic (exact) mass is 416 g/mol. The summed E-state index contributed by atoms with van der Waals surface area (Å²) in [4.78, 5) is 15.7. The van der Waals surface area contributed by atoms with E-state index in [0.717, 1.165) is 62.9 Å². The molecular weight excluding hydrogens is 389 g/mol.